The number of anilines is 1. The molecule has 6 nitrogen and oxygen atoms in total. The van der Waals surface area contributed by atoms with Gasteiger partial charge in [-0.25, -0.2) is 4.79 Å². The molecule has 0 saturated heterocycles. The van der Waals surface area contributed by atoms with Crippen LogP contribution in [0, 0.1) is 5.21 Å². The summed E-state index contributed by atoms with van der Waals surface area (Å²) in [6.45, 7) is 0. The van der Waals surface area contributed by atoms with E-state index >= 15 is 0 Å². The van der Waals surface area contributed by atoms with Crippen LogP contribution >= 0.6 is 0 Å². The molecule has 1 saturated carbocycles. The molecule has 1 aliphatic carbocycles. The van der Waals surface area contributed by atoms with Gasteiger partial charge in [0.2, 0.25) is 6.20 Å². The van der Waals surface area contributed by atoms with Gasteiger partial charge < -0.3 is 15.8 Å². The van der Waals surface area contributed by atoms with Crippen molar-refractivity contribution in [1.29, 1.82) is 0 Å². The summed E-state index contributed by atoms with van der Waals surface area (Å²) in [4.78, 5) is 12.2. The fourth-order valence-electron chi connectivity index (χ4n) is 2.22. The molecule has 0 unspecified atom stereocenters. The average Bonchev–Trinajstić information content (AvgIpc) is 2.57. The van der Waals surface area contributed by atoms with Crippen LogP contribution in [0.1, 0.15) is 38.5 Å². The number of hydrogen-bond acceptors (Lipinski definition) is 3. The Labute approximate surface area is 106 Å². The van der Waals surface area contributed by atoms with Crippen LogP contribution in [-0.4, -0.2) is 17.2 Å². The van der Waals surface area contributed by atoms with E-state index in [1.807, 2.05) is 0 Å². The second-order valence-electron chi connectivity index (χ2n) is 4.61. The summed E-state index contributed by atoms with van der Waals surface area (Å²) in [6, 6.07) is 1.57. The van der Waals surface area contributed by atoms with Crippen molar-refractivity contribution in [3.63, 3.8) is 0 Å². The van der Waals surface area contributed by atoms with Crippen LogP contribution in [0.5, 0.6) is 0 Å². The molecular formula is C12H18N4O2. The van der Waals surface area contributed by atoms with Crippen molar-refractivity contribution in [2.24, 2.45) is 0 Å². The highest BCUT2D eigenvalue weighted by Gasteiger charge is 2.14. The maximum absolute atomic E-state index is 11.8. The molecule has 6 heteroatoms. The van der Waals surface area contributed by atoms with E-state index in [4.69, 9.17) is 0 Å². The normalized spacial score (nSPS) is 16.9. The number of carbonyl (C=O) groups is 1. The molecule has 2 N–H and O–H groups in total. The van der Waals surface area contributed by atoms with Crippen molar-refractivity contribution < 1.29 is 9.64 Å². The molecule has 98 valence electrons. The molecule has 1 fully saturated rings. The minimum absolute atomic E-state index is 0.244. The highest BCUT2D eigenvalue weighted by atomic mass is 16.5. The van der Waals surface area contributed by atoms with Gasteiger partial charge in [0.25, 0.3) is 0 Å². The van der Waals surface area contributed by atoms with Gasteiger partial charge in [-0.05, 0) is 18.9 Å². The quantitative estimate of drug-likeness (QED) is 0.475. The first-order valence-electron chi connectivity index (χ1n) is 6.37. The lowest BCUT2D eigenvalue weighted by Crippen LogP contribution is -2.38. The smallest absolute Gasteiger partial charge is 0.319 e. The summed E-state index contributed by atoms with van der Waals surface area (Å²) in [5.41, 5.74) is 0.450. The van der Waals surface area contributed by atoms with Gasteiger partial charge >= 0.3 is 6.03 Å². The number of nitrogens with zero attached hydrogens (tertiary/aromatic N) is 2. The fourth-order valence-corrected chi connectivity index (χ4v) is 2.22. The Hall–Kier alpha value is -1.85. The molecule has 0 radical (unpaired) electrons. The molecule has 0 aliphatic heterocycles. The first-order chi connectivity index (χ1) is 8.74. The van der Waals surface area contributed by atoms with Gasteiger partial charge in [-0.15, -0.1) is 0 Å². The van der Waals surface area contributed by atoms with Crippen molar-refractivity contribution in [3.05, 3.63) is 23.7 Å². The number of carbonyl (C=O) groups excluding carboxylic acids is 1. The Balaban J connectivity index is 1.84. The van der Waals surface area contributed by atoms with E-state index in [1.165, 1.54) is 38.1 Å². The highest BCUT2D eigenvalue weighted by Crippen LogP contribution is 2.17. The Kier molecular flexibility index (Phi) is 4.33. The standard InChI is InChI=1S/C12H18N4O2/c17-12(14-10-5-3-1-2-4-6-10)15-11-7-8-13-16(18)9-11/h7-10H,1-6H2,(H2,14,15,17). The lowest BCUT2D eigenvalue weighted by molar-refractivity contribution is -0.668. The largest absolute Gasteiger partial charge is 0.594 e. The van der Waals surface area contributed by atoms with E-state index in [9.17, 15) is 10.0 Å². The molecule has 0 aromatic carbocycles. The minimum Gasteiger partial charge on any atom is -0.594 e. The van der Waals surface area contributed by atoms with Crippen molar-refractivity contribution in [3.8, 4) is 0 Å². The maximum atomic E-state index is 11.8. The lowest BCUT2D eigenvalue weighted by Gasteiger charge is -2.16. The molecule has 1 aliphatic rings. The van der Waals surface area contributed by atoms with E-state index in [0.717, 1.165) is 12.8 Å². The Morgan fingerprint density at radius 2 is 2.06 bits per heavy atom. The molecule has 1 aromatic rings. The number of urea groups is 1. The third-order valence-electron chi connectivity index (χ3n) is 3.13. The second kappa shape index (κ2) is 6.18. The summed E-state index contributed by atoms with van der Waals surface area (Å²) in [5, 5.41) is 20.0. The van der Waals surface area contributed by atoms with Crippen molar-refractivity contribution in [2.45, 2.75) is 44.6 Å². The van der Waals surface area contributed by atoms with Crippen LogP contribution in [0.15, 0.2) is 18.5 Å². The summed E-state index contributed by atoms with van der Waals surface area (Å²) in [5.74, 6) is 0. The second-order valence-corrected chi connectivity index (χ2v) is 4.61. The van der Waals surface area contributed by atoms with Crippen LogP contribution in [0.4, 0.5) is 10.5 Å². The average molecular weight is 250 g/mol. The van der Waals surface area contributed by atoms with E-state index < -0.39 is 0 Å². The molecule has 0 atom stereocenters. The Morgan fingerprint density at radius 1 is 1.33 bits per heavy atom. The van der Waals surface area contributed by atoms with Gasteiger partial charge in [0.15, 0.2) is 0 Å². The van der Waals surface area contributed by atoms with Crippen molar-refractivity contribution in [2.75, 3.05) is 5.32 Å². The van der Waals surface area contributed by atoms with Crippen LogP contribution in [0.25, 0.3) is 0 Å². The van der Waals surface area contributed by atoms with Crippen molar-refractivity contribution >= 4 is 11.7 Å². The number of hydrogen-bond donors (Lipinski definition) is 2. The van der Waals surface area contributed by atoms with Gasteiger partial charge in [-0.3, -0.25) is 0 Å². The zero-order chi connectivity index (χ0) is 12.8. The monoisotopic (exact) mass is 250 g/mol. The highest BCUT2D eigenvalue weighted by molar-refractivity contribution is 5.89. The van der Waals surface area contributed by atoms with Crippen LogP contribution in [0.2, 0.25) is 0 Å². The Morgan fingerprint density at radius 3 is 2.72 bits per heavy atom. The number of aromatic nitrogens is 2. The third kappa shape index (κ3) is 3.87. The van der Waals surface area contributed by atoms with Gasteiger partial charge in [0, 0.05) is 11.1 Å². The maximum Gasteiger partial charge on any atom is 0.319 e. The topological polar surface area (TPSA) is 81.0 Å². The molecule has 0 spiro atoms. The summed E-state index contributed by atoms with van der Waals surface area (Å²) in [7, 11) is 0. The van der Waals surface area contributed by atoms with Crippen LogP contribution in [0.3, 0.4) is 0 Å². The predicted octanol–water partition coefficient (Wildman–Crippen LogP) is 1.56. The molecular weight excluding hydrogens is 232 g/mol. The lowest BCUT2D eigenvalue weighted by atomic mass is 10.1. The Bertz CT molecular complexity index is 403. The van der Waals surface area contributed by atoms with Crippen LogP contribution in [-0.2, 0) is 0 Å². The van der Waals surface area contributed by atoms with Crippen LogP contribution < -0.4 is 15.5 Å². The minimum atomic E-state index is -0.256. The van der Waals surface area contributed by atoms with Gasteiger partial charge in [-0.2, -0.15) is 0 Å². The molecule has 1 heterocycles. The number of nitrogens with one attached hydrogen (secondary N) is 2. The first kappa shape index (κ1) is 12.6. The summed E-state index contributed by atoms with van der Waals surface area (Å²) in [6.07, 6.45) is 9.49. The fraction of sp³-hybridized carbons (Fsp3) is 0.583. The van der Waals surface area contributed by atoms with Crippen molar-refractivity contribution in [1.82, 2.24) is 10.4 Å². The predicted molar refractivity (Wildman–Crippen MR) is 66.8 cm³/mol. The van der Waals surface area contributed by atoms with E-state index in [1.54, 1.807) is 6.07 Å². The SMILES string of the molecule is O=C(Nc1ccn[n+]([O-])c1)NC1CCCCCC1. The molecule has 1 aromatic heterocycles. The molecule has 2 amide bonds. The molecule has 2 rings (SSSR count). The third-order valence-corrected chi connectivity index (χ3v) is 3.13. The zero-order valence-corrected chi connectivity index (χ0v) is 10.3. The summed E-state index contributed by atoms with van der Waals surface area (Å²) < 4.78 is 0. The van der Waals surface area contributed by atoms with Gasteiger partial charge in [0.05, 0.1) is 6.20 Å². The van der Waals surface area contributed by atoms with Gasteiger partial charge in [0.1, 0.15) is 5.69 Å². The molecule has 0 bridgehead atoms. The number of amides is 2. The summed E-state index contributed by atoms with van der Waals surface area (Å²) >= 11 is 0. The van der Waals surface area contributed by atoms with Gasteiger partial charge in [-0.1, -0.05) is 30.5 Å². The number of rotatable bonds is 2. The first-order valence-corrected chi connectivity index (χ1v) is 6.37. The zero-order valence-electron chi connectivity index (χ0n) is 10.3. The van der Waals surface area contributed by atoms with E-state index in [2.05, 4.69) is 15.7 Å². The van der Waals surface area contributed by atoms with E-state index in [-0.39, 0.29) is 12.1 Å². The molecule has 18 heavy (non-hydrogen) atoms. The van der Waals surface area contributed by atoms with E-state index in [0.29, 0.717) is 10.5 Å².